The van der Waals surface area contributed by atoms with Gasteiger partial charge in [-0.2, -0.15) is 0 Å². The van der Waals surface area contributed by atoms with Crippen LogP contribution < -0.4 is 5.32 Å². The second kappa shape index (κ2) is 7.04. The third-order valence-corrected chi connectivity index (χ3v) is 3.78. The van der Waals surface area contributed by atoms with Gasteiger partial charge in [-0.1, -0.05) is 30.3 Å². The Morgan fingerprint density at radius 3 is 2.79 bits per heavy atom. The number of hydrogen-bond donors (Lipinski definition) is 2. The van der Waals surface area contributed by atoms with Crippen molar-refractivity contribution in [3.63, 3.8) is 0 Å². The van der Waals surface area contributed by atoms with Crippen molar-refractivity contribution >= 4 is 0 Å². The predicted molar refractivity (Wildman–Crippen MR) is 77.1 cm³/mol. The van der Waals surface area contributed by atoms with Crippen LogP contribution in [0.2, 0.25) is 0 Å². The highest BCUT2D eigenvalue weighted by atomic mass is 16.5. The van der Waals surface area contributed by atoms with Crippen molar-refractivity contribution in [2.24, 2.45) is 0 Å². The summed E-state index contributed by atoms with van der Waals surface area (Å²) in [6.45, 7) is 4.23. The van der Waals surface area contributed by atoms with Crippen LogP contribution in [0.25, 0.3) is 0 Å². The van der Waals surface area contributed by atoms with Crippen LogP contribution in [0.4, 0.5) is 0 Å². The van der Waals surface area contributed by atoms with E-state index in [1.54, 1.807) is 0 Å². The van der Waals surface area contributed by atoms with Crippen LogP contribution in [-0.4, -0.2) is 30.9 Å². The summed E-state index contributed by atoms with van der Waals surface area (Å²) in [5.41, 5.74) is 0.144. The highest BCUT2D eigenvalue weighted by Gasteiger charge is 2.22. The van der Waals surface area contributed by atoms with E-state index in [1.807, 2.05) is 37.3 Å². The molecule has 2 atom stereocenters. The fourth-order valence-electron chi connectivity index (χ4n) is 2.53. The zero-order valence-electron chi connectivity index (χ0n) is 11.8. The molecule has 0 bridgehead atoms. The van der Waals surface area contributed by atoms with Gasteiger partial charge in [-0.15, -0.1) is 0 Å². The molecular formula is C16H25NO2. The normalized spacial score (nSPS) is 22.9. The molecule has 3 nitrogen and oxygen atoms in total. The van der Waals surface area contributed by atoms with E-state index in [4.69, 9.17) is 4.74 Å². The van der Waals surface area contributed by atoms with Crippen LogP contribution in [0.5, 0.6) is 0 Å². The summed E-state index contributed by atoms with van der Waals surface area (Å²) < 4.78 is 5.69. The topological polar surface area (TPSA) is 41.5 Å². The Bertz CT molecular complexity index is 358. The highest BCUT2D eigenvalue weighted by Crippen LogP contribution is 2.19. The molecule has 106 valence electrons. The van der Waals surface area contributed by atoms with E-state index in [-0.39, 0.29) is 0 Å². The van der Waals surface area contributed by atoms with Gasteiger partial charge in [0.2, 0.25) is 0 Å². The van der Waals surface area contributed by atoms with Crippen LogP contribution in [-0.2, 0) is 10.3 Å². The Kier molecular flexibility index (Phi) is 5.37. The predicted octanol–water partition coefficient (Wildman–Crippen LogP) is 2.44. The molecule has 2 N–H and O–H groups in total. The minimum atomic E-state index is -0.811. The molecule has 0 spiro atoms. The summed E-state index contributed by atoms with van der Waals surface area (Å²) in [6.07, 6.45) is 5.10. The molecule has 19 heavy (non-hydrogen) atoms. The molecule has 1 aromatic carbocycles. The lowest BCUT2D eigenvalue weighted by Crippen LogP contribution is -2.37. The van der Waals surface area contributed by atoms with Crippen LogP contribution in [0, 0.1) is 0 Å². The molecule has 2 rings (SSSR count). The van der Waals surface area contributed by atoms with E-state index in [9.17, 15) is 5.11 Å². The molecule has 3 heteroatoms. The van der Waals surface area contributed by atoms with Gasteiger partial charge in [0.05, 0.1) is 11.7 Å². The summed E-state index contributed by atoms with van der Waals surface area (Å²) in [6, 6.07) is 9.81. The Balaban J connectivity index is 1.69. The second-order valence-electron chi connectivity index (χ2n) is 5.59. The minimum absolute atomic E-state index is 0.405. The van der Waals surface area contributed by atoms with Crippen molar-refractivity contribution in [1.82, 2.24) is 5.32 Å². The molecule has 1 aliphatic rings. The maximum Gasteiger partial charge on any atom is 0.0992 e. The lowest BCUT2D eigenvalue weighted by molar-refractivity contribution is 0.00926. The average molecular weight is 263 g/mol. The van der Waals surface area contributed by atoms with Crippen LogP contribution in [0.1, 0.15) is 38.2 Å². The van der Waals surface area contributed by atoms with Crippen molar-refractivity contribution in [1.29, 1.82) is 0 Å². The van der Waals surface area contributed by atoms with Gasteiger partial charge >= 0.3 is 0 Å². The van der Waals surface area contributed by atoms with Gasteiger partial charge in [0.1, 0.15) is 0 Å². The third kappa shape index (κ3) is 4.60. The summed E-state index contributed by atoms with van der Waals surface area (Å²) in [5.74, 6) is 0. The second-order valence-corrected chi connectivity index (χ2v) is 5.59. The first kappa shape index (κ1) is 14.5. The van der Waals surface area contributed by atoms with Crippen molar-refractivity contribution < 1.29 is 9.84 Å². The molecule has 1 heterocycles. The summed E-state index contributed by atoms with van der Waals surface area (Å²) in [7, 11) is 0. The minimum Gasteiger partial charge on any atom is -0.384 e. The largest absolute Gasteiger partial charge is 0.384 e. The van der Waals surface area contributed by atoms with E-state index in [0.29, 0.717) is 12.6 Å². The van der Waals surface area contributed by atoms with Crippen molar-refractivity contribution in [2.45, 2.75) is 44.3 Å². The Morgan fingerprint density at radius 2 is 2.11 bits per heavy atom. The lowest BCUT2D eigenvalue weighted by atomic mass is 9.96. The van der Waals surface area contributed by atoms with Crippen LogP contribution in [0.15, 0.2) is 30.3 Å². The number of nitrogens with one attached hydrogen (secondary N) is 1. The maximum atomic E-state index is 10.4. The molecule has 1 aromatic rings. The van der Waals surface area contributed by atoms with Crippen LogP contribution in [0.3, 0.4) is 0 Å². The summed E-state index contributed by atoms with van der Waals surface area (Å²) >= 11 is 0. The van der Waals surface area contributed by atoms with E-state index >= 15 is 0 Å². The molecule has 0 aromatic heterocycles. The monoisotopic (exact) mass is 263 g/mol. The van der Waals surface area contributed by atoms with Crippen molar-refractivity contribution in [2.75, 3.05) is 19.7 Å². The van der Waals surface area contributed by atoms with Crippen molar-refractivity contribution in [3.8, 4) is 0 Å². The number of hydrogen-bond acceptors (Lipinski definition) is 3. The van der Waals surface area contributed by atoms with E-state index < -0.39 is 5.60 Å². The number of benzene rings is 1. The Labute approximate surface area is 116 Å². The molecule has 2 unspecified atom stereocenters. The molecule has 0 aliphatic carbocycles. The van der Waals surface area contributed by atoms with Gasteiger partial charge in [-0.3, -0.25) is 0 Å². The fourth-order valence-corrected chi connectivity index (χ4v) is 2.53. The Morgan fingerprint density at radius 1 is 1.32 bits per heavy atom. The lowest BCUT2D eigenvalue weighted by Gasteiger charge is -2.26. The van der Waals surface area contributed by atoms with Gasteiger partial charge in [-0.05, 0) is 44.7 Å². The number of rotatable bonds is 6. The third-order valence-electron chi connectivity index (χ3n) is 3.78. The summed E-state index contributed by atoms with van der Waals surface area (Å²) in [5, 5.41) is 13.8. The molecule has 0 amide bonds. The van der Waals surface area contributed by atoms with Crippen molar-refractivity contribution in [3.05, 3.63) is 35.9 Å². The highest BCUT2D eigenvalue weighted by molar-refractivity contribution is 5.21. The molecule has 1 fully saturated rings. The van der Waals surface area contributed by atoms with Gasteiger partial charge in [0.15, 0.2) is 0 Å². The first-order valence-corrected chi connectivity index (χ1v) is 7.29. The van der Waals surface area contributed by atoms with Crippen LogP contribution >= 0.6 is 0 Å². The smallest absolute Gasteiger partial charge is 0.0992 e. The maximum absolute atomic E-state index is 10.4. The van der Waals surface area contributed by atoms with Gasteiger partial charge < -0.3 is 15.2 Å². The molecule has 0 saturated carbocycles. The zero-order valence-corrected chi connectivity index (χ0v) is 11.8. The number of aliphatic hydroxyl groups is 1. The average Bonchev–Trinajstić information content (AvgIpc) is 2.46. The van der Waals surface area contributed by atoms with E-state index in [0.717, 1.165) is 25.1 Å². The molecule has 1 saturated heterocycles. The van der Waals surface area contributed by atoms with Gasteiger partial charge in [0.25, 0.3) is 0 Å². The molecule has 0 radical (unpaired) electrons. The van der Waals surface area contributed by atoms with E-state index in [1.165, 1.54) is 19.3 Å². The van der Waals surface area contributed by atoms with Gasteiger partial charge in [0, 0.05) is 13.2 Å². The molecular weight excluding hydrogens is 238 g/mol. The molecule has 1 aliphatic heterocycles. The zero-order chi connectivity index (χ0) is 13.6. The quantitative estimate of drug-likeness (QED) is 0.775. The Hall–Kier alpha value is -0.900. The SMILES string of the molecule is CC(O)(CNCCC1CCCCO1)c1ccccc1. The van der Waals surface area contributed by atoms with Gasteiger partial charge in [-0.25, -0.2) is 0 Å². The fraction of sp³-hybridized carbons (Fsp3) is 0.625. The van der Waals surface area contributed by atoms with E-state index in [2.05, 4.69) is 5.32 Å². The first-order chi connectivity index (χ1) is 9.18. The summed E-state index contributed by atoms with van der Waals surface area (Å²) in [4.78, 5) is 0. The number of ether oxygens (including phenoxy) is 1. The first-order valence-electron chi connectivity index (χ1n) is 7.29. The standard InChI is InChI=1S/C16H25NO2/c1-16(18,14-7-3-2-4-8-14)13-17-11-10-15-9-5-6-12-19-15/h2-4,7-8,15,17-18H,5-6,9-13H2,1H3.